The molecule has 126 valence electrons. The molecule has 0 unspecified atom stereocenters. The van der Waals surface area contributed by atoms with E-state index in [9.17, 15) is 0 Å². The van der Waals surface area contributed by atoms with E-state index >= 15 is 0 Å². The van der Waals surface area contributed by atoms with Crippen LogP contribution in [0, 0.1) is 0 Å². The Labute approximate surface area is 170 Å². The molecule has 0 aliphatic heterocycles. The standard InChI is InChI=1S/C24H16Br2/c25-19-11-13-21(23(15-19)17-7-3-1-4-8-17)22-14-12-20(26)16-24(22)18-9-5-2-6-10-18/h1-16H. The minimum absolute atomic E-state index is 1.08. The highest BCUT2D eigenvalue weighted by molar-refractivity contribution is 9.10. The van der Waals surface area contributed by atoms with E-state index in [0.717, 1.165) is 8.95 Å². The number of rotatable bonds is 3. The molecule has 2 heteroatoms. The molecular weight excluding hydrogens is 448 g/mol. The van der Waals surface area contributed by atoms with Crippen LogP contribution >= 0.6 is 31.9 Å². The fourth-order valence-corrected chi connectivity index (χ4v) is 3.94. The first-order valence-corrected chi connectivity index (χ1v) is 10.0. The van der Waals surface area contributed by atoms with Crippen molar-refractivity contribution in [3.05, 3.63) is 106 Å². The second-order valence-electron chi connectivity index (χ2n) is 6.11. The number of hydrogen-bond donors (Lipinski definition) is 0. The van der Waals surface area contributed by atoms with Crippen LogP contribution in [0.2, 0.25) is 0 Å². The fourth-order valence-electron chi connectivity index (χ4n) is 3.22. The van der Waals surface area contributed by atoms with Gasteiger partial charge in [-0.05, 0) is 57.6 Å². The maximum Gasteiger partial charge on any atom is 0.0181 e. The summed E-state index contributed by atoms with van der Waals surface area (Å²) in [6, 6.07) is 34.1. The summed E-state index contributed by atoms with van der Waals surface area (Å²) >= 11 is 7.27. The lowest BCUT2D eigenvalue weighted by molar-refractivity contribution is 1.53. The van der Waals surface area contributed by atoms with E-state index in [2.05, 4.69) is 129 Å². The van der Waals surface area contributed by atoms with Gasteiger partial charge in [-0.2, -0.15) is 0 Å². The molecule has 0 radical (unpaired) electrons. The van der Waals surface area contributed by atoms with Gasteiger partial charge < -0.3 is 0 Å². The summed E-state index contributed by atoms with van der Waals surface area (Å²) in [5, 5.41) is 0. The van der Waals surface area contributed by atoms with Gasteiger partial charge in [-0.1, -0.05) is 105 Å². The van der Waals surface area contributed by atoms with Crippen molar-refractivity contribution in [1.82, 2.24) is 0 Å². The fraction of sp³-hybridized carbons (Fsp3) is 0. The highest BCUT2D eigenvalue weighted by Gasteiger charge is 2.13. The molecule has 0 fully saturated rings. The average molecular weight is 464 g/mol. The maximum absolute atomic E-state index is 3.63. The highest BCUT2D eigenvalue weighted by Crippen LogP contribution is 2.40. The third kappa shape index (κ3) is 3.53. The lowest BCUT2D eigenvalue weighted by atomic mass is 9.89. The van der Waals surface area contributed by atoms with Crippen molar-refractivity contribution in [2.45, 2.75) is 0 Å². The summed E-state index contributed by atoms with van der Waals surface area (Å²) < 4.78 is 2.16. The van der Waals surface area contributed by atoms with Crippen LogP contribution in [0.1, 0.15) is 0 Å². The van der Waals surface area contributed by atoms with Crippen molar-refractivity contribution in [3.63, 3.8) is 0 Å². The van der Waals surface area contributed by atoms with Gasteiger partial charge in [0.15, 0.2) is 0 Å². The van der Waals surface area contributed by atoms with Crippen molar-refractivity contribution in [1.29, 1.82) is 0 Å². The molecule has 0 aliphatic carbocycles. The van der Waals surface area contributed by atoms with Crippen LogP contribution in [-0.2, 0) is 0 Å². The van der Waals surface area contributed by atoms with E-state index in [0.29, 0.717) is 0 Å². The largest absolute Gasteiger partial charge is 0.0622 e. The lowest BCUT2D eigenvalue weighted by Crippen LogP contribution is -1.90. The van der Waals surface area contributed by atoms with Crippen LogP contribution in [0.3, 0.4) is 0 Å². The molecule has 0 saturated carbocycles. The second-order valence-corrected chi connectivity index (χ2v) is 7.94. The van der Waals surface area contributed by atoms with E-state index < -0.39 is 0 Å². The van der Waals surface area contributed by atoms with Crippen LogP contribution in [0.4, 0.5) is 0 Å². The number of halogens is 2. The first-order chi connectivity index (χ1) is 12.7. The molecule has 0 heterocycles. The van der Waals surface area contributed by atoms with Gasteiger partial charge in [-0.15, -0.1) is 0 Å². The van der Waals surface area contributed by atoms with Gasteiger partial charge in [0.2, 0.25) is 0 Å². The summed E-state index contributed by atoms with van der Waals surface area (Å²) in [6.45, 7) is 0. The molecule has 0 atom stereocenters. The van der Waals surface area contributed by atoms with Crippen LogP contribution < -0.4 is 0 Å². The highest BCUT2D eigenvalue weighted by atomic mass is 79.9. The van der Waals surface area contributed by atoms with E-state index in [1.54, 1.807) is 0 Å². The van der Waals surface area contributed by atoms with Crippen molar-refractivity contribution >= 4 is 31.9 Å². The Kier molecular flexibility index (Phi) is 5.05. The quantitative estimate of drug-likeness (QED) is 0.287. The molecule has 4 aromatic rings. The van der Waals surface area contributed by atoms with Crippen molar-refractivity contribution < 1.29 is 0 Å². The topological polar surface area (TPSA) is 0 Å². The second kappa shape index (κ2) is 7.61. The predicted octanol–water partition coefficient (Wildman–Crippen LogP) is 8.21. The Bertz CT molecular complexity index is 951. The molecular formula is C24H16Br2. The molecule has 0 amide bonds. The van der Waals surface area contributed by atoms with Gasteiger partial charge in [0.25, 0.3) is 0 Å². The van der Waals surface area contributed by atoms with Crippen molar-refractivity contribution in [2.75, 3.05) is 0 Å². The molecule has 0 aliphatic rings. The molecule has 4 rings (SSSR count). The van der Waals surface area contributed by atoms with Crippen LogP contribution in [0.5, 0.6) is 0 Å². The average Bonchev–Trinajstić information content (AvgIpc) is 2.69. The molecule has 0 aromatic heterocycles. The summed E-state index contributed by atoms with van der Waals surface area (Å²) in [5.41, 5.74) is 7.33. The van der Waals surface area contributed by atoms with E-state index in [-0.39, 0.29) is 0 Å². The summed E-state index contributed by atoms with van der Waals surface area (Å²) in [7, 11) is 0. The molecule has 26 heavy (non-hydrogen) atoms. The number of hydrogen-bond acceptors (Lipinski definition) is 0. The minimum atomic E-state index is 1.08. The zero-order valence-electron chi connectivity index (χ0n) is 14.0. The molecule has 0 N–H and O–H groups in total. The first kappa shape index (κ1) is 17.3. The Morgan fingerprint density at radius 1 is 0.385 bits per heavy atom. The van der Waals surface area contributed by atoms with Gasteiger partial charge in [-0.3, -0.25) is 0 Å². The van der Waals surface area contributed by atoms with Crippen LogP contribution in [-0.4, -0.2) is 0 Å². The molecule has 4 aromatic carbocycles. The SMILES string of the molecule is Brc1ccc(-c2ccc(Br)cc2-c2ccccc2)c(-c2ccccc2)c1. The summed E-state index contributed by atoms with van der Waals surface area (Å²) in [5.74, 6) is 0. The predicted molar refractivity (Wildman–Crippen MR) is 118 cm³/mol. The smallest absolute Gasteiger partial charge is 0.0181 e. The van der Waals surface area contributed by atoms with E-state index in [4.69, 9.17) is 0 Å². The molecule has 0 saturated heterocycles. The van der Waals surface area contributed by atoms with Gasteiger partial charge in [0.1, 0.15) is 0 Å². The van der Waals surface area contributed by atoms with Gasteiger partial charge >= 0.3 is 0 Å². The summed E-state index contributed by atoms with van der Waals surface area (Å²) in [6.07, 6.45) is 0. The number of benzene rings is 4. The van der Waals surface area contributed by atoms with E-state index in [1.807, 2.05) is 0 Å². The normalized spacial score (nSPS) is 10.7. The van der Waals surface area contributed by atoms with Gasteiger partial charge in [0.05, 0.1) is 0 Å². The molecule has 0 bridgehead atoms. The van der Waals surface area contributed by atoms with E-state index in [1.165, 1.54) is 33.4 Å². The zero-order chi connectivity index (χ0) is 17.9. The zero-order valence-corrected chi connectivity index (χ0v) is 17.2. The maximum atomic E-state index is 3.63. The monoisotopic (exact) mass is 462 g/mol. The lowest BCUT2D eigenvalue weighted by Gasteiger charge is -2.16. The van der Waals surface area contributed by atoms with Crippen molar-refractivity contribution in [2.24, 2.45) is 0 Å². The summed E-state index contributed by atoms with van der Waals surface area (Å²) in [4.78, 5) is 0. The van der Waals surface area contributed by atoms with Crippen LogP contribution in [0.15, 0.2) is 106 Å². The Morgan fingerprint density at radius 2 is 0.769 bits per heavy atom. The third-order valence-electron chi connectivity index (χ3n) is 4.42. The Morgan fingerprint density at radius 3 is 1.15 bits per heavy atom. The Balaban J connectivity index is 1.98. The first-order valence-electron chi connectivity index (χ1n) is 8.43. The third-order valence-corrected chi connectivity index (χ3v) is 5.41. The minimum Gasteiger partial charge on any atom is -0.0622 e. The van der Waals surface area contributed by atoms with Crippen molar-refractivity contribution in [3.8, 4) is 33.4 Å². The van der Waals surface area contributed by atoms with Gasteiger partial charge in [0, 0.05) is 8.95 Å². The molecule has 0 nitrogen and oxygen atoms in total. The Hall–Kier alpha value is -2.16. The molecule has 0 spiro atoms. The van der Waals surface area contributed by atoms with Crippen LogP contribution in [0.25, 0.3) is 33.4 Å². The van der Waals surface area contributed by atoms with Gasteiger partial charge in [-0.25, -0.2) is 0 Å².